The maximum Gasteiger partial charge on any atom is 0.167 e. The van der Waals surface area contributed by atoms with Crippen molar-refractivity contribution in [2.45, 2.75) is 33.1 Å². The van der Waals surface area contributed by atoms with E-state index in [-0.39, 0.29) is 11.1 Å². The highest BCUT2D eigenvalue weighted by Gasteiger charge is 2.32. The van der Waals surface area contributed by atoms with Gasteiger partial charge in [0.2, 0.25) is 0 Å². The van der Waals surface area contributed by atoms with Gasteiger partial charge in [0, 0.05) is 11.1 Å². The van der Waals surface area contributed by atoms with Gasteiger partial charge < -0.3 is 0 Å². The summed E-state index contributed by atoms with van der Waals surface area (Å²) in [5.74, 6) is -2.19. The van der Waals surface area contributed by atoms with Crippen LogP contribution in [0.15, 0.2) is 18.2 Å². The van der Waals surface area contributed by atoms with Crippen LogP contribution in [0.2, 0.25) is 0 Å². The number of aryl methyl sites for hydroxylation is 2. The maximum atomic E-state index is 14.2. The van der Waals surface area contributed by atoms with Crippen molar-refractivity contribution >= 4 is 0 Å². The van der Waals surface area contributed by atoms with Crippen LogP contribution in [0.4, 0.5) is 13.2 Å². The van der Waals surface area contributed by atoms with Gasteiger partial charge in [-0.3, -0.25) is 0 Å². The van der Waals surface area contributed by atoms with Gasteiger partial charge >= 0.3 is 0 Å². The molecule has 0 saturated carbocycles. The molecule has 2 aromatic rings. The van der Waals surface area contributed by atoms with Crippen molar-refractivity contribution in [3.63, 3.8) is 0 Å². The number of fused-ring (bicyclic) bond motifs is 4. The normalized spacial score (nSPS) is 11.8. The third-order valence-corrected chi connectivity index (χ3v) is 3.96. The molecule has 3 rings (SSSR count). The van der Waals surface area contributed by atoms with E-state index in [1.54, 1.807) is 25.1 Å². The van der Waals surface area contributed by atoms with Crippen LogP contribution in [-0.4, -0.2) is 0 Å². The van der Waals surface area contributed by atoms with E-state index in [2.05, 4.69) is 0 Å². The van der Waals surface area contributed by atoms with Crippen LogP contribution in [-0.2, 0) is 6.42 Å². The average Bonchev–Trinajstić information content (AvgIpc) is 2.41. The van der Waals surface area contributed by atoms with E-state index >= 15 is 0 Å². The molecule has 0 fully saturated rings. The van der Waals surface area contributed by atoms with Crippen LogP contribution < -0.4 is 0 Å². The molecule has 1 aliphatic carbocycles. The molecule has 0 aliphatic heterocycles. The van der Waals surface area contributed by atoms with Crippen LogP contribution in [0.5, 0.6) is 0 Å². The first-order valence-corrected chi connectivity index (χ1v) is 6.87. The van der Waals surface area contributed by atoms with E-state index in [4.69, 9.17) is 0 Å². The summed E-state index contributed by atoms with van der Waals surface area (Å²) in [5, 5.41) is 0. The Kier molecular flexibility index (Phi) is 3.08. The van der Waals surface area contributed by atoms with E-state index in [1.165, 1.54) is 0 Å². The number of hydrogen-bond donors (Lipinski definition) is 0. The Hall–Kier alpha value is -1.77. The predicted octanol–water partition coefficient (Wildman–Crippen LogP) is 5.40. The summed E-state index contributed by atoms with van der Waals surface area (Å²) >= 11 is 0. The zero-order valence-electron chi connectivity index (χ0n) is 11.5. The zero-order chi connectivity index (χ0) is 14.4. The minimum absolute atomic E-state index is 0.0962. The number of benzene rings is 2. The van der Waals surface area contributed by atoms with Gasteiger partial charge in [0.1, 0.15) is 5.82 Å². The third kappa shape index (κ3) is 1.69. The Balaban J connectivity index is 2.15. The number of rotatable bonds is 3. The molecule has 104 valence electrons. The Morgan fingerprint density at radius 1 is 0.900 bits per heavy atom. The van der Waals surface area contributed by atoms with E-state index in [0.717, 1.165) is 12.8 Å². The lowest BCUT2D eigenvalue weighted by atomic mass is 9.77. The largest absolute Gasteiger partial charge is 0.206 e. The third-order valence-electron chi connectivity index (χ3n) is 3.96. The number of halogens is 3. The van der Waals surface area contributed by atoms with Gasteiger partial charge in [-0.1, -0.05) is 25.5 Å². The van der Waals surface area contributed by atoms with Crippen molar-refractivity contribution in [1.82, 2.24) is 0 Å². The van der Waals surface area contributed by atoms with E-state index in [1.807, 2.05) is 6.92 Å². The highest BCUT2D eigenvalue weighted by atomic mass is 19.2. The SMILES string of the molecule is CCCCc1cc2c(c(F)c1F)-c1c-2ccc(C)c1F. The van der Waals surface area contributed by atoms with E-state index in [9.17, 15) is 13.2 Å². The second-order valence-corrected chi connectivity index (χ2v) is 5.31. The Bertz CT molecular complexity index is 702. The summed E-state index contributed by atoms with van der Waals surface area (Å²) in [7, 11) is 0. The molecule has 0 N–H and O–H groups in total. The minimum atomic E-state index is -0.911. The van der Waals surface area contributed by atoms with Crippen molar-refractivity contribution in [3.8, 4) is 22.3 Å². The number of hydrogen-bond acceptors (Lipinski definition) is 0. The van der Waals surface area contributed by atoms with Crippen molar-refractivity contribution in [1.29, 1.82) is 0 Å². The lowest BCUT2D eigenvalue weighted by Gasteiger charge is -2.27. The second kappa shape index (κ2) is 4.65. The quantitative estimate of drug-likeness (QED) is 0.600. The van der Waals surface area contributed by atoms with Gasteiger partial charge in [-0.15, -0.1) is 0 Å². The van der Waals surface area contributed by atoms with Crippen LogP contribution in [0.3, 0.4) is 0 Å². The van der Waals surface area contributed by atoms with Crippen molar-refractivity contribution < 1.29 is 13.2 Å². The molecule has 0 spiro atoms. The molecule has 0 unspecified atom stereocenters. The molecule has 0 heterocycles. The molecule has 0 amide bonds. The molecule has 3 heteroatoms. The van der Waals surface area contributed by atoms with Crippen molar-refractivity contribution in [2.75, 3.05) is 0 Å². The highest BCUT2D eigenvalue weighted by Crippen LogP contribution is 2.51. The van der Waals surface area contributed by atoms with Crippen molar-refractivity contribution in [3.05, 3.63) is 46.8 Å². The molecule has 1 aliphatic rings. The lowest BCUT2D eigenvalue weighted by Crippen LogP contribution is -2.10. The average molecular weight is 276 g/mol. The van der Waals surface area contributed by atoms with Gasteiger partial charge in [-0.2, -0.15) is 0 Å². The van der Waals surface area contributed by atoms with Gasteiger partial charge in [0.25, 0.3) is 0 Å². The monoisotopic (exact) mass is 276 g/mol. The summed E-state index contributed by atoms with van der Waals surface area (Å²) < 4.78 is 42.3. The molecule has 0 nitrogen and oxygen atoms in total. The summed E-state index contributed by atoms with van der Waals surface area (Å²) in [6.07, 6.45) is 2.24. The fraction of sp³-hybridized carbons (Fsp3) is 0.294. The standard InChI is InChI=1S/C17H15F3/c1-3-4-5-10-8-12-11-7-6-9(2)15(18)13(11)14(12)17(20)16(10)19/h6-8H,3-5H2,1-2H3. The molecule has 0 atom stereocenters. The Morgan fingerprint density at radius 3 is 2.30 bits per heavy atom. The first-order valence-electron chi connectivity index (χ1n) is 6.87. The van der Waals surface area contributed by atoms with Gasteiger partial charge in [-0.05, 0) is 48.1 Å². The van der Waals surface area contributed by atoms with Crippen LogP contribution >= 0.6 is 0 Å². The van der Waals surface area contributed by atoms with Gasteiger partial charge in [0.05, 0.1) is 0 Å². The topological polar surface area (TPSA) is 0 Å². The molecule has 20 heavy (non-hydrogen) atoms. The minimum Gasteiger partial charge on any atom is -0.206 e. The fourth-order valence-corrected chi connectivity index (χ4v) is 2.77. The van der Waals surface area contributed by atoms with Gasteiger partial charge in [-0.25, -0.2) is 13.2 Å². The molecule has 0 saturated heterocycles. The summed E-state index contributed by atoms with van der Waals surface area (Å²) in [6, 6.07) is 5.11. The van der Waals surface area contributed by atoms with E-state index < -0.39 is 17.5 Å². The summed E-state index contributed by atoms with van der Waals surface area (Å²) in [4.78, 5) is 0. The molecule has 0 bridgehead atoms. The summed E-state index contributed by atoms with van der Waals surface area (Å²) in [6.45, 7) is 3.63. The van der Waals surface area contributed by atoms with Crippen LogP contribution in [0, 0.1) is 24.4 Å². The van der Waals surface area contributed by atoms with Crippen LogP contribution in [0.25, 0.3) is 22.3 Å². The predicted molar refractivity (Wildman–Crippen MR) is 74.1 cm³/mol. The Labute approximate surface area is 116 Å². The number of unbranched alkanes of at least 4 members (excludes halogenated alkanes) is 1. The Morgan fingerprint density at radius 2 is 1.60 bits per heavy atom. The van der Waals surface area contributed by atoms with Crippen molar-refractivity contribution in [2.24, 2.45) is 0 Å². The zero-order valence-corrected chi connectivity index (χ0v) is 11.5. The van der Waals surface area contributed by atoms with E-state index in [0.29, 0.717) is 28.7 Å². The van der Waals surface area contributed by atoms with Crippen LogP contribution in [0.1, 0.15) is 30.9 Å². The second-order valence-electron chi connectivity index (χ2n) is 5.31. The first kappa shape index (κ1) is 13.2. The van der Waals surface area contributed by atoms with Gasteiger partial charge in [0.15, 0.2) is 11.6 Å². The maximum absolute atomic E-state index is 14.2. The smallest absolute Gasteiger partial charge is 0.167 e. The molecule has 0 aromatic heterocycles. The molecule has 2 aromatic carbocycles. The first-order chi connectivity index (χ1) is 9.56. The lowest BCUT2D eigenvalue weighted by molar-refractivity contribution is 0.498. The fourth-order valence-electron chi connectivity index (χ4n) is 2.77. The summed E-state index contributed by atoms with van der Waals surface area (Å²) in [5.41, 5.74) is 2.46. The molecule has 0 radical (unpaired) electrons. The molecular formula is C17H15F3. The highest BCUT2D eigenvalue weighted by molar-refractivity contribution is 6.03. The molecular weight excluding hydrogens is 261 g/mol.